The van der Waals surface area contributed by atoms with Gasteiger partial charge in [0.05, 0.1) is 14.1 Å². The van der Waals surface area contributed by atoms with Crippen LogP contribution < -0.4 is 33.4 Å². The zero-order valence-electron chi connectivity index (χ0n) is 15.6. The van der Waals surface area contributed by atoms with E-state index in [1.165, 1.54) is 11.0 Å². The molecule has 0 spiro atoms. The van der Waals surface area contributed by atoms with E-state index in [1.54, 1.807) is 0 Å². The van der Waals surface area contributed by atoms with Crippen molar-refractivity contribution in [1.82, 2.24) is 4.57 Å². The SMILES string of the molecule is Cn1c(/C=C/c2ccc(N(CCCl)CCCl)cc2)[n+](C)c2ccccc21.[I-]. The van der Waals surface area contributed by atoms with Gasteiger partial charge in [-0.15, -0.1) is 23.2 Å². The highest BCUT2D eigenvalue weighted by Gasteiger charge is 2.16. The van der Waals surface area contributed by atoms with Gasteiger partial charge in [0, 0.05) is 36.6 Å². The van der Waals surface area contributed by atoms with Gasteiger partial charge in [-0.3, -0.25) is 0 Å². The molecule has 3 nitrogen and oxygen atoms in total. The number of halogens is 3. The van der Waals surface area contributed by atoms with Crippen LogP contribution in [0.5, 0.6) is 0 Å². The van der Waals surface area contributed by atoms with Crippen LogP contribution in [0.3, 0.4) is 0 Å². The number of nitrogens with zero attached hydrogens (tertiary/aromatic N) is 3. The van der Waals surface area contributed by atoms with Crippen molar-refractivity contribution < 1.29 is 28.5 Å². The lowest BCUT2D eigenvalue weighted by Gasteiger charge is -2.22. The van der Waals surface area contributed by atoms with Crippen molar-refractivity contribution >= 4 is 52.1 Å². The summed E-state index contributed by atoms with van der Waals surface area (Å²) in [5, 5.41) is 0. The van der Waals surface area contributed by atoms with Crippen LogP contribution in [0.25, 0.3) is 23.2 Å². The first-order valence-electron chi connectivity index (χ1n) is 8.74. The number of para-hydroxylation sites is 2. The molecule has 27 heavy (non-hydrogen) atoms. The van der Waals surface area contributed by atoms with Crippen molar-refractivity contribution in [3.63, 3.8) is 0 Å². The molecular weight excluding hydrogens is 492 g/mol. The predicted octanol–water partition coefficient (Wildman–Crippen LogP) is 1.46. The first-order chi connectivity index (χ1) is 12.7. The summed E-state index contributed by atoms with van der Waals surface area (Å²) in [6.07, 6.45) is 4.30. The Hall–Kier alpha value is -1.24. The molecule has 6 heteroatoms. The Balaban J connectivity index is 0.00000261. The van der Waals surface area contributed by atoms with E-state index in [1.807, 2.05) is 0 Å². The lowest BCUT2D eigenvalue weighted by atomic mass is 10.2. The maximum absolute atomic E-state index is 5.89. The second kappa shape index (κ2) is 10.3. The zero-order chi connectivity index (χ0) is 18.5. The first kappa shape index (κ1) is 22.1. The molecule has 3 rings (SSSR count). The van der Waals surface area contributed by atoms with Crippen molar-refractivity contribution in [1.29, 1.82) is 0 Å². The van der Waals surface area contributed by atoms with Crippen LogP contribution in [-0.4, -0.2) is 29.4 Å². The predicted molar refractivity (Wildman–Crippen MR) is 113 cm³/mol. The van der Waals surface area contributed by atoms with Gasteiger partial charge in [-0.2, -0.15) is 0 Å². The van der Waals surface area contributed by atoms with Gasteiger partial charge < -0.3 is 28.9 Å². The van der Waals surface area contributed by atoms with Crippen LogP contribution in [0.1, 0.15) is 11.4 Å². The quantitative estimate of drug-likeness (QED) is 0.263. The minimum absolute atomic E-state index is 0. The lowest BCUT2D eigenvalue weighted by molar-refractivity contribution is -0.647. The molecule has 1 heterocycles. The average molecular weight is 516 g/mol. The minimum Gasteiger partial charge on any atom is -1.00 e. The standard InChI is InChI=1S/C21H24Cl2N3.HI/c1-24-19-5-3-4-6-20(19)25(2)21(24)12-9-17-7-10-18(11-8-17)26(15-13-22)16-14-23;/h3-12H,13-16H2,1-2H3;1H/q+1;/p-1. The fraction of sp³-hybridized carbons (Fsp3) is 0.286. The summed E-state index contributed by atoms with van der Waals surface area (Å²) in [5.41, 5.74) is 4.76. The molecule has 0 saturated carbocycles. The summed E-state index contributed by atoms with van der Waals surface area (Å²) in [5.74, 6) is 2.34. The maximum Gasteiger partial charge on any atom is 0.281 e. The van der Waals surface area contributed by atoms with Gasteiger partial charge in [0.1, 0.15) is 0 Å². The summed E-state index contributed by atoms with van der Waals surface area (Å²) in [7, 11) is 4.20. The number of fused-ring (bicyclic) bond motifs is 1. The molecule has 0 aliphatic heterocycles. The van der Waals surface area contributed by atoms with Crippen molar-refractivity contribution in [3.8, 4) is 0 Å². The van der Waals surface area contributed by atoms with Crippen LogP contribution in [0.2, 0.25) is 0 Å². The number of rotatable bonds is 7. The topological polar surface area (TPSA) is 12.1 Å². The van der Waals surface area contributed by atoms with E-state index in [4.69, 9.17) is 23.2 Å². The zero-order valence-corrected chi connectivity index (χ0v) is 19.2. The molecule has 0 radical (unpaired) electrons. The number of benzene rings is 2. The Morgan fingerprint density at radius 2 is 1.59 bits per heavy atom. The van der Waals surface area contributed by atoms with Crippen LogP contribution in [0.4, 0.5) is 5.69 Å². The molecule has 2 aromatic carbocycles. The molecular formula is C21H24Cl2IN3. The maximum atomic E-state index is 5.89. The highest BCUT2D eigenvalue weighted by molar-refractivity contribution is 6.18. The molecule has 0 aliphatic carbocycles. The van der Waals surface area contributed by atoms with Gasteiger partial charge in [-0.05, 0) is 35.9 Å². The summed E-state index contributed by atoms with van der Waals surface area (Å²) < 4.78 is 4.42. The number of aryl methyl sites for hydroxylation is 2. The number of hydrogen-bond acceptors (Lipinski definition) is 1. The van der Waals surface area contributed by atoms with Crippen LogP contribution in [0, 0.1) is 0 Å². The minimum atomic E-state index is 0. The number of alkyl halides is 2. The largest absolute Gasteiger partial charge is 1.00 e. The molecule has 0 saturated heterocycles. The van der Waals surface area contributed by atoms with E-state index in [9.17, 15) is 0 Å². The molecule has 0 N–H and O–H groups in total. The molecule has 0 fully saturated rings. The van der Waals surface area contributed by atoms with Gasteiger partial charge in [-0.1, -0.05) is 24.3 Å². The van der Waals surface area contributed by atoms with Crippen molar-refractivity contribution in [3.05, 3.63) is 59.9 Å². The fourth-order valence-corrected chi connectivity index (χ4v) is 3.68. The van der Waals surface area contributed by atoms with Gasteiger partial charge in [0.25, 0.3) is 5.82 Å². The van der Waals surface area contributed by atoms with E-state index < -0.39 is 0 Å². The molecule has 0 unspecified atom stereocenters. The van der Waals surface area contributed by atoms with Crippen molar-refractivity contribution in [2.45, 2.75) is 0 Å². The summed E-state index contributed by atoms with van der Waals surface area (Å²) >= 11 is 11.8. The molecule has 0 atom stereocenters. The van der Waals surface area contributed by atoms with E-state index in [0.717, 1.165) is 30.2 Å². The Bertz CT molecular complexity index is 859. The third-order valence-corrected chi connectivity index (χ3v) is 5.02. The molecule has 0 amide bonds. The molecule has 3 aromatic rings. The summed E-state index contributed by atoms with van der Waals surface area (Å²) in [4.78, 5) is 2.21. The number of hydrogen-bond donors (Lipinski definition) is 0. The van der Waals surface area contributed by atoms with Gasteiger partial charge >= 0.3 is 0 Å². The molecule has 0 aliphatic rings. The van der Waals surface area contributed by atoms with Crippen LogP contribution >= 0.6 is 23.2 Å². The van der Waals surface area contributed by atoms with Crippen molar-refractivity contribution in [2.24, 2.45) is 14.1 Å². The first-order valence-corrected chi connectivity index (χ1v) is 9.81. The molecule has 1 aromatic heterocycles. The normalized spacial score (nSPS) is 11.1. The van der Waals surface area contributed by atoms with E-state index in [0.29, 0.717) is 11.8 Å². The Kier molecular flexibility index (Phi) is 8.45. The summed E-state index contributed by atoms with van der Waals surface area (Å²) in [6.45, 7) is 1.60. The van der Waals surface area contributed by atoms with E-state index in [2.05, 4.69) is 88.8 Å². The van der Waals surface area contributed by atoms with Gasteiger partial charge in [0.15, 0.2) is 11.0 Å². The Morgan fingerprint density at radius 1 is 0.963 bits per heavy atom. The third-order valence-electron chi connectivity index (χ3n) is 4.68. The highest BCUT2D eigenvalue weighted by atomic mass is 127. The number of imidazole rings is 1. The number of anilines is 1. The van der Waals surface area contributed by atoms with Crippen molar-refractivity contribution in [2.75, 3.05) is 29.7 Å². The van der Waals surface area contributed by atoms with Gasteiger partial charge in [0.2, 0.25) is 0 Å². The molecule has 0 bridgehead atoms. The van der Waals surface area contributed by atoms with Crippen LogP contribution in [0.15, 0.2) is 48.5 Å². The van der Waals surface area contributed by atoms with Crippen LogP contribution in [-0.2, 0) is 14.1 Å². The number of aromatic nitrogens is 2. The van der Waals surface area contributed by atoms with E-state index in [-0.39, 0.29) is 24.0 Å². The molecule has 144 valence electrons. The average Bonchev–Trinajstić information content (AvgIpc) is 2.91. The smallest absolute Gasteiger partial charge is 0.281 e. The lowest BCUT2D eigenvalue weighted by Crippen LogP contribution is -3.00. The van der Waals surface area contributed by atoms with Gasteiger partial charge in [-0.25, -0.2) is 9.13 Å². The highest BCUT2D eigenvalue weighted by Crippen LogP contribution is 2.18. The summed E-state index contributed by atoms with van der Waals surface area (Å²) in [6, 6.07) is 16.9. The second-order valence-electron chi connectivity index (χ2n) is 6.25. The Morgan fingerprint density at radius 3 is 2.19 bits per heavy atom. The fourth-order valence-electron chi connectivity index (χ4n) is 3.27. The van der Waals surface area contributed by atoms with E-state index >= 15 is 0 Å². The third kappa shape index (κ3) is 4.98. The Labute approximate surface area is 188 Å². The monoisotopic (exact) mass is 515 g/mol. The second-order valence-corrected chi connectivity index (χ2v) is 7.01.